The molecule has 0 aliphatic rings. The van der Waals surface area contributed by atoms with Crippen molar-refractivity contribution in [3.05, 3.63) is 53.3 Å². The van der Waals surface area contributed by atoms with Crippen LogP contribution in [0.3, 0.4) is 0 Å². The number of nitrogens with one attached hydrogen (secondary N) is 1. The second kappa shape index (κ2) is 11.5. The Morgan fingerprint density at radius 3 is 2.55 bits per heavy atom. The summed E-state index contributed by atoms with van der Waals surface area (Å²) in [4.78, 5) is 23.8. The van der Waals surface area contributed by atoms with Gasteiger partial charge in [0, 0.05) is 31.4 Å². The first-order valence-corrected chi connectivity index (χ1v) is 9.44. The minimum Gasteiger partial charge on any atom is -0.462 e. The van der Waals surface area contributed by atoms with Gasteiger partial charge in [0.15, 0.2) is 0 Å². The van der Waals surface area contributed by atoms with E-state index in [4.69, 9.17) is 13.9 Å². The van der Waals surface area contributed by atoms with E-state index in [1.54, 1.807) is 43.3 Å². The first-order valence-electron chi connectivity index (χ1n) is 9.44. The summed E-state index contributed by atoms with van der Waals surface area (Å²) in [5.74, 6) is 0.102. The van der Waals surface area contributed by atoms with E-state index in [-0.39, 0.29) is 11.5 Å². The highest BCUT2D eigenvalue weighted by atomic mass is 16.5. The zero-order chi connectivity index (χ0) is 21.1. The van der Waals surface area contributed by atoms with Gasteiger partial charge >= 0.3 is 5.97 Å². The number of nitriles is 1. The number of rotatable bonds is 10. The number of hydrogen-bond acceptors (Lipinski definition) is 6. The van der Waals surface area contributed by atoms with Gasteiger partial charge in [-0.3, -0.25) is 4.79 Å². The van der Waals surface area contributed by atoms with Gasteiger partial charge in [-0.15, -0.1) is 0 Å². The van der Waals surface area contributed by atoms with Crippen LogP contribution in [0, 0.1) is 11.3 Å². The minimum absolute atomic E-state index is 0.0417. The number of hydrogen-bond donors (Lipinski definition) is 1. The molecule has 1 N–H and O–H groups in total. The van der Waals surface area contributed by atoms with Crippen molar-refractivity contribution < 1.29 is 23.5 Å². The summed E-state index contributed by atoms with van der Waals surface area (Å²) in [5, 5.41) is 11.9. The van der Waals surface area contributed by atoms with Crippen molar-refractivity contribution >= 4 is 18.0 Å². The molecule has 7 heteroatoms. The van der Waals surface area contributed by atoms with Gasteiger partial charge < -0.3 is 19.2 Å². The van der Waals surface area contributed by atoms with Crippen LogP contribution >= 0.6 is 0 Å². The van der Waals surface area contributed by atoms with Gasteiger partial charge in [-0.25, -0.2) is 4.79 Å². The molecular formula is C22H24N2O5. The molecule has 0 saturated heterocycles. The average Bonchev–Trinajstić information content (AvgIpc) is 3.20. The Balaban J connectivity index is 2.03. The van der Waals surface area contributed by atoms with E-state index >= 15 is 0 Å². The third-order valence-corrected chi connectivity index (χ3v) is 3.91. The number of esters is 1. The van der Waals surface area contributed by atoms with Crippen molar-refractivity contribution in [3.8, 4) is 17.4 Å². The monoisotopic (exact) mass is 396 g/mol. The molecule has 0 radical (unpaired) electrons. The van der Waals surface area contributed by atoms with Gasteiger partial charge in [0.2, 0.25) is 0 Å². The lowest BCUT2D eigenvalue weighted by atomic mass is 10.1. The lowest BCUT2D eigenvalue weighted by Crippen LogP contribution is -2.26. The van der Waals surface area contributed by atoms with Crippen LogP contribution in [0.1, 0.15) is 36.4 Å². The molecule has 7 nitrogen and oxygen atoms in total. The van der Waals surface area contributed by atoms with Crippen LogP contribution in [0.15, 0.2) is 46.4 Å². The number of carbonyl (C=O) groups excluding carboxylic acids is 2. The summed E-state index contributed by atoms with van der Waals surface area (Å²) < 4.78 is 15.9. The van der Waals surface area contributed by atoms with Crippen molar-refractivity contribution in [2.75, 3.05) is 26.4 Å². The van der Waals surface area contributed by atoms with Gasteiger partial charge in [0.1, 0.15) is 23.2 Å². The molecule has 1 amide bonds. The van der Waals surface area contributed by atoms with E-state index in [0.29, 0.717) is 49.9 Å². The highest BCUT2D eigenvalue weighted by Gasteiger charge is 2.11. The second-order valence-corrected chi connectivity index (χ2v) is 5.98. The minimum atomic E-state index is -0.458. The Hall–Kier alpha value is -3.37. The Kier molecular flexibility index (Phi) is 8.67. The summed E-state index contributed by atoms with van der Waals surface area (Å²) in [6.45, 7) is 5.58. The molecule has 0 bridgehead atoms. The third kappa shape index (κ3) is 6.63. The topological polar surface area (TPSA) is 102 Å². The van der Waals surface area contributed by atoms with E-state index in [1.807, 2.05) is 13.0 Å². The first-order chi connectivity index (χ1) is 14.1. The second-order valence-electron chi connectivity index (χ2n) is 5.98. The van der Waals surface area contributed by atoms with Gasteiger partial charge in [-0.1, -0.05) is 12.1 Å². The van der Waals surface area contributed by atoms with E-state index < -0.39 is 5.91 Å². The zero-order valence-corrected chi connectivity index (χ0v) is 16.6. The van der Waals surface area contributed by atoms with Crippen molar-refractivity contribution in [3.63, 3.8) is 0 Å². The maximum atomic E-state index is 12.1. The predicted octanol–water partition coefficient (Wildman–Crippen LogP) is 3.57. The van der Waals surface area contributed by atoms with Crippen LogP contribution in [0.2, 0.25) is 0 Å². The molecule has 2 rings (SSSR count). The largest absolute Gasteiger partial charge is 0.462 e. The molecule has 29 heavy (non-hydrogen) atoms. The van der Waals surface area contributed by atoms with Crippen molar-refractivity contribution in [2.24, 2.45) is 0 Å². The van der Waals surface area contributed by atoms with Crippen LogP contribution in [0.25, 0.3) is 17.4 Å². The number of nitrogens with zero attached hydrogens (tertiary/aromatic N) is 1. The molecule has 0 aliphatic heterocycles. The summed E-state index contributed by atoms with van der Waals surface area (Å²) in [6.07, 6.45) is 2.07. The Morgan fingerprint density at radius 2 is 1.90 bits per heavy atom. The lowest BCUT2D eigenvalue weighted by Gasteiger charge is -2.04. The Bertz CT molecular complexity index is 891. The molecule has 0 spiro atoms. The van der Waals surface area contributed by atoms with Gasteiger partial charge in [0.05, 0.1) is 12.2 Å². The maximum absolute atomic E-state index is 12.1. The fourth-order valence-electron chi connectivity index (χ4n) is 2.48. The van der Waals surface area contributed by atoms with E-state index in [9.17, 15) is 14.9 Å². The van der Waals surface area contributed by atoms with Crippen LogP contribution in [0.5, 0.6) is 0 Å². The number of ether oxygens (including phenoxy) is 2. The normalized spacial score (nSPS) is 11.0. The molecule has 1 aromatic carbocycles. The van der Waals surface area contributed by atoms with E-state index in [2.05, 4.69) is 5.32 Å². The molecule has 1 aromatic heterocycles. The molecule has 1 heterocycles. The first kappa shape index (κ1) is 21.9. The summed E-state index contributed by atoms with van der Waals surface area (Å²) in [6, 6.07) is 12.1. The summed E-state index contributed by atoms with van der Waals surface area (Å²) >= 11 is 0. The molecule has 0 fully saturated rings. The molecule has 0 unspecified atom stereocenters. The fraction of sp³-hybridized carbons (Fsp3) is 0.318. The van der Waals surface area contributed by atoms with E-state index in [0.717, 1.165) is 5.56 Å². The van der Waals surface area contributed by atoms with Gasteiger partial charge in [-0.05, 0) is 44.5 Å². The molecule has 0 aliphatic carbocycles. The highest BCUT2D eigenvalue weighted by molar-refractivity contribution is 6.01. The number of benzene rings is 1. The Labute approximate surface area is 169 Å². The highest BCUT2D eigenvalue weighted by Crippen LogP contribution is 2.24. The molecular weight excluding hydrogens is 372 g/mol. The summed E-state index contributed by atoms with van der Waals surface area (Å²) in [7, 11) is 0. The molecule has 2 aromatic rings. The van der Waals surface area contributed by atoms with Crippen LogP contribution in [-0.4, -0.2) is 38.2 Å². The van der Waals surface area contributed by atoms with Gasteiger partial charge in [-0.2, -0.15) is 5.26 Å². The molecule has 0 saturated carbocycles. The Morgan fingerprint density at radius 1 is 1.14 bits per heavy atom. The smallest absolute Gasteiger partial charge is 0.338 e. The zero-order valence-electron chi connectivity index (χ0n) is 16.6. The number of carbonyl (C=O) groups is 2. The van der Waals surface area contributed by atoms with Crippen molar-refractivity contribution in [1.82, 2.24) is 5.32 Å². The maximum Gasteiger partial charge on any atom is 0.338 e. The third-order valence-electron chi connectivity index (χ3n) is 3.91. The standard InChI is InChI=1S/C22H24N2O5/c1-3-27-13-5-12-24-21(25)18(15-23)14-19-10-11-20(29-19)16-6-8-17(9-7-16)22(26)28-4-2/h6-11,14H,3-5,12-13H2,1-2H3,(H,24,25)/b18-14-. The summed E-state index contributed by atoms with van der Waals surface area (Å²) in [5.41, 5.74) is 1.17. The van der Waals surface area contributed by atoms with Crippen molar-refractivity contribution in [1.29, 1.82) is 5.26 Å². The quantitative estimate of drug-likeness (QED) is 0.285. The van der Waals surface area contributed by atoms with Crippen LogP contribution in [-0.2, 0) is 14.3 Å². The van der Waals surface area contributed by atoms with Crippen molar-refractivity contribution in [2.45, 2.75) is 20.3 Å². The lowest BCUT2D eigenvalue weighted by molar-refractivity contribution is -0.117. The van der Waals surface area contributed by atoms with Crippen LogP contribution < -0.4 is 5.32 Å². The predicted molar refractivity (Wildman–Crippen MR) is 108 cm³/mol. The average molecular weight is 396 g/mol. The SMILES string of the molecule is CCOCCCNC(=O)/C(C#N)=C\c1ccc(-c2ccc(C(=O)OCC)cc2)o1. The number of amides is 1. The van der Waals surface area contributed by atoms with E-state index in [1.165, 1.54) is 6.08 Å². The molecule has 0 atom stereocenters. The van der Waals surface area contributed by atoms with Crippen LogP contribution in [0.4, 0.5) is 0 Å². The fourth-order valence-corrected chi connectivity index (χ4v) is 2.48. The number of furan rings is 1. The van der Waals surface area contributed by atoms with Gasteiger partial charge in [0.25, 0.3) is 5.91 Å². The molecule has 152 valence electrons.